The maximum atomic E-state index is 13.3. The van der Waals surface area contributed by atoms with Crippen molar-refractivity contribution in [2.45, 2.75) is 6.92 Å². The van der Waals surface area contributed by atoms with Gasteiger partial charge in [0.2, 0.25) is 5.91 Å². The first-order valence-corrected chi connectivity index (χ1v) is 10.2. The molecule has 0 spiro atoms. The summed E-state index contributed by atoms with van der Waals surface area (Å²) in [6.45, 7) is 1.23. The molecule has 32 heavy (non-hydrogen) atoms. The number of carbonyl (C=O) groups excluding carboxylic acids is 3. The second-order valence-corrected chi connectivity index (χ2v) is 8.41. The Labute approximate surface area is 189 Å². The predicted octanol–water partition coefficient (Wildman–Crippen LogP) is 2.75. The molecule has 1 fully saturated rings. The zero-order valence-corrected chi connectivity index (χ0v) is 17.8. The van der Waals surface area contributed by atoms with Gasteiger partial charge in [0.15, 0.2) is 4.32 Å². The summed E-state index contributed by atoms with van der Waals surface area (Å²) in [6, 6.07) is 9.71. The van der Waals surface area contributed by atoms with E-state index >= 15 is 0 Å². The number of benzene rings is 2. The first-order chi connectivity index (χ1) is 15.1. The normalized spacial score (nSPS) is 17.7. The van der Waals surface area contributed by atoms with E-state index in [0.29, 0.717) is 11.3 Å². The van der Waals surface area contributed by atoms with E-state index in [1.165, 1.54) is 6.92 Å². The van der Waals surface area contributed by atoms with E-state index in [1.807, 2.05) is 0 Å². The Balaban J connectivity index is 1.87. The van der Waals surface area contributed by atoms with Crippen molar-refractivity contribution in [2.75, 3.05) is 9.80 Å². The number of imide groups is 1. The number of fused-ring (bicyclic) bond motifs is 1. The van der Waals surface area contributed by atoms with Crippen LogP contribution in [0.2, 0.25) is 0 Å². The number of rotatable bonds is 3. The fourth-order valence-electron chi connectivity index (χ4n) is 3.48. The third-order valence-electron chi connectivity index (χ3n) is 4.81. The minimum Gasteiger partial charge on any atom is -0.478 e. The summed E-state index contributed by atoms with van der Waals surface area (Å²) < 4.78 is -0.0112. The number of nitrogens with zero attached hydrogens (tertiary/aromatic N) is 2. The molecule has 2 aliphatic rings. The van der Waals surface area contributed by atoms with Gasteiger partial charge in [0, 0.05) is 12.5 Å². The van der Waals surface area contributed by atoms with Crippen molar-refractivity contribution in [2.24, 2.45) is 0 Å². The van der Waals surface area contributed by atoms with Crippen molar-refractivity contribution in [3.63, 3.8) is 0 Å². The summed E-state index contributed by atoms with van der Waals surface area (Å²) in [4.78, 5) is 63.2. The van der Waals surface area contributed by atoms with Gasteiger partial charge in [-0.3, -0.25) is 19.3 Å². The number of hydrogen-bond acceptors (Lipinski definition) is 7. The molecule has 2 aromatic rings. The summed E-state index contributed by atoms with van der Waals surface area (Å²) in [7, 11) is 0. The highest BCUT2D eigenvalue weighted by molar-refractivity contribution is 8.27. The molecule has 11 heteroatoms. The van der Waals surface area contributed by atoms with Gasteiger partial charge in [-0.15, -0.1) is 0 Å². The average molecular weight is 468 g/mol. The van der Waals surface area contributed by atoms with Crippen LogP contribution in [0.1, 0.15) is 33.2 Å². The number of thiocarbonyl (C=S) groups is 1. The van der Waals surface area contributed by atoms with Crippen molar-refractivity contribution in [1.29, 1.82) is 0 Å². The van der Waals surface area contributed by atoms with Gasteiger partial charge in [0.05, 0.1) is 33.0 Å². The molecule has 2 heterocycles. The number of carboxylic acid groups (broad SMARTS) is 2. The van der Waals surface area contributed by atoms with E-state index in [2.05, 4.69) is 0 Å². The van der Waals surface area contributed by atoms with E-state index < -0.39 is 29.7 Å². The van der Waals surface area contributed by atoms with Crippen LogP contribution in [0.25, 0.3) is 5.57 Å². The lowest BCUT2D eigenvalue weighted by molar-refractivity contribution is -0.122. The van der Waals surface area contributed by atoms with Gasteiger partial charge in [-0.2, -0.15) is 0 Å². The average Bonchev–Trinajstić information content (AvgIpc) is 3.19. The molecule has 0 radical (unpaired) electrons. The quantitative estimate of drug-likeness (QED) is 0.515. The van der Waals surface area contributed by atoms with Crippen LogP contribution in [-0.2, 0) is 14.4 Å². The summed E-state index contributed by atoms with van der Waals surface area (Å²) in [6.07, 6.45) is 0. The summed E-state index contributed by atoms with van der Waals surface area (Å²) in [5.74, 6) is -4.68. The molecule has 2 N–H and O–H groups in total. The number of aromatic carboxylic acids is 2. The molecule has 0 atom stereocenters. The fraction of sp³-hybridized carbons (Fsp3) is 0.0476. The van der Waals surface area contributed by atoms with Crippen molar-refractivity contribution >= 4 is 74.9 Å². The van der Waals surface area contributed by atoms with Crippen LogP contribution >= 0.6 is 24.0 Å². The molecule has 160 valence electrons. The number of carboxylic acids is 2. The molecule has 9 nitrogen and oxygen atoms in total. The van der Waals surface area contributed by atoms with Crippen molar-refractivity contribution in [3.05, 3.63) is 64.1 Å². The van der Waals surface area contributed by atoms with Crippen molar-refractivity contribution < 1.29 is 34.2 Å². The van der Waals surface area contributed by atoms with Crippen LogP contribution in [0.5, 0.6) is 0 Å². The van der Waals surface area contributed by atoms with Crippen LogP contribution in [0.15, 0.2) is 47.4 Å². The van der Waals surface area contributed by atoms with E-state index in [0.717, 1.165) is 39.8 Å². The molecular weight excluding hydrogens is 456 g/mol. The molecule has 3 amide bonds. The standard InChI is InChI=1S/C21H12N2O7S2/c1-9(24)22-14-5-3-2-4-13(14)15(17(22)25)16-18(26)23(21(31)32-16)12-7-10(19(27)28)6-11(8-12)20(29)30/h2-8H,1H3,(H,27,28)(H,29,30)/b16-15-. The van der Waals surface area contributed by atoms with Crippen LogP contribution < -0.4 is 9.80 Å². The summed E-state index contributed by atoms with van der Waals surface area (Å²) >= 11 is 6.11. The Bertz CT molecular complexity index is 1280. The maximum absolute atomic E-state index is 13.3. The molecule has 0 saturated carbocycles. The highest BCUT2D eigenvalue weighted by Crippen LogP contribution is 2.45. The van der Waals surface area contributed by atoms with Gasteiger partial charge in [-0.1, -0.05) is 42.2 Å². The van der Waals surface area contributed by atoms with Crippen LogP contribution in [0.3, 0.4) is 0 Å². The van der Waals surface area contributed by atoms with Gasteiger partial charge < -0.3 is 10.2 Å². The van der Waals surface area contributed by atoms with Gasteiger partial charge in [-0.05, 0) is 24.3 Å². The van der Waals surface area contributed by atoms with E-state index in [9.17, 15) is 34.2 Å². The molecule has 0 bridgehead atoms. The predicted molar refractivity (Wildman–Crippen MR) is 120 cm³/mol. The smallest absolute Gasteiger partial charge is 0.335 e. The minimum absolute atomic E-state index is 0.00324. The van der Waals surface area contributed by atoms with Crippen LogP contribution in [-0.4, -0.2) is 44.2 Å². The van der Waals surface area contributed by atoms with E-state index in [-0.39, 0.29) is 31.6 Å². The monoisotopic (exact) mass is 468 g/mol. The first kappa shape index (κ1) is 21.4. The summed E-state index contributed by atoms with van der Waals surface area (Å²) in [5.41, 5.74) is -0.00522. The molecule has 0 aliphatic carbocycles. The van der Waals surface area contributed by atoms with Crippen LogP contribution in [0.4, 0.5) is 11.4 Å². The van der Waals surface area contributed by atoms with Crippen molar-refractivity contribution in [1.82, 2.24) is 0 Å². The number of carbonyl (C=O) groups is 5. The number of anilines is 2. The third-order valence-corrected chi connectivity index (χ3v) is 6.18. The largest absolute Gasteiger partial charge is 0.478 e. The third kappa shape index (κ3) is 3.27. The lowest BCUT2D eigenvalue weighted by atomic mass is 10.1. The van der Waals surface area contributed by atoms with Gasteiger partial charge in [-0.25, -0.2) is 14.5 Å². The summed E-state index contributed by atoms with van der Waals surface area (Å²) in [5, 5.41) is 18.6. The molecule has 2 aliphatic heterocycles. The molecule has 1 saturated heterocycles. The fourth-order valence-corrected chi connectivity index (χ4v) is 4.85. The molecule has 4 rings (SSSR count). The molecular formula is C21H12N2O7S2. The minimum atomic E-state index is -1.38. The zero-order valence-electron chi connectivity index (χ0n) is 16.2. The number of thioether (sulfide) groups is 1. The number of hydrogen-bond donors (Lipinski definition) is 2. The number of amides is 3. The highest BCUT2D eigenvalue weighted by atomic mass is 32.2. The van der Waals surface area contributed by atoms with Crippen LogP contribution in [0, 0.1) is 0 Å². The van der Waals surface area contributed by atoms with E-state index in [4.69, 9.17) is 12.2 Å². The Morgan fingerprint density at radius 3 is 2.09 bits per heavy atom. The Kier molecular flexibility index (Phi) is 5.15. The van der Waals surface area contributed by atoms with Gasteiger partial charge in [0.1, 0.15) is 0 Å². The van der Waals surface area contributed by atoms with Gasteiger partial charge >= 0.3 is 11.9 Å². The second-order valence-electron chi connectivity index (χ2n) is 6.77. The Morgan fingerprint density at radius 1 is 0.938 bits per heavy atom. The molecule has 0 unspecified atom stereocenters. The number of para-hydroxylation sites is 1. The maximum Gasteiger partial charge on any atom is 0.335 e. The van der Waals surface area contributed by atoms with Crippen molar-refractivity contribution in [3.8, 4) is 0 Å². The SMILES string of the molecule is CC(=O)N1C(=O)/C(=C2\SC(=S)N(c3cc(C(=O)O)cc(C(=O)O)c3)C2=O)c2ccccc21. The lowest BCUT2D eigenvalue weighted by Crippen LogP contribution is -2.32. The molecule has 0 aromatic heterocycles. The van der Waals surface area contributed by atoms with Gasteiger partial charge in [0.25, 0.3) is 11.8 Å². The lowest BCUT2D eigenvalue weighted by Gasteiger charge is -2.16. The second kappa shape index (κ2) is 7.70. The highest BCUT2D eigenvalue weighted by Gasteiger charge is 2.43. The molecule has 2 aromatic carbocycles. The van der Waals surface area contributed by atoms with E-state index in [1.54, 1.807) is 24.3 Å². The Hall–Kier alpha value is -3.83. The zero-order chi connectivity index (χ0) is 23.3. The topological polar surface area (TPSA) is 132 Å². The Morgan fingerprint density at radius 2 is 1.53 bits per heavy atom. The first-order valence-electron chi connectivity index (χ1n) is 8.98.